The maximum absolute atomic E-state index is 12.1. The SMILES string of the molecule is O=C(O)C=Cc1cccc(NC(=O)c2cccc(Cl)c2)c1. The van der Waals surface area contributed by atoms with Crippen molar-refractivity contribution in [3.8, 4) is 0 Å². The second kappa shape index (κ2) is 6.72. The molecule has 0 radical (unpaired) electrons. The van der Waals surface area contributed by atoms with E-state index < -0.39 is 5.97 Å². The van der Waals surface area contributed by atoms with E-state index in [1.54, 1.807) is 48.5 Å². The van der Waals surface area contributed by atoms with Gasteiger partial charge in [0, 0.05) is 22.3 Å². The minimum absolute atomic E-state index is 0.281. The zero-order valence-corrected chi connectivity index (χ0v) is 11.7. The molecule has 0 bridgehead atoms. The van der Waals surface area contributed by atoms with Gasteiger partial charge in [0.2, 0.25) is 0 Å². The average molecular weight is 302 g/mol. The van der Waals surface area contributed by atoms with Gasteiger partial charge in [0.25, 0.3) is 5.91 Å². The Balaban J connectivity index is 2.14. The first-order valence-corrected chi connectivity index (χ1v) is 6.50. The van der Waals surface area contributed by atoms with Gasteiger partial charge < -0.3 is 10.4 Å². The molecule has 2 aromatic carbocycles. The number of carbonyl (C=O) groups excluding carboxylic acids is 1. The third-order valence-electron chi connectivity index (χ3n) is 2.65. The topological polar surface area (TPSA) is 66.4 Å². The summed E-state index contributed by atoms with van der Waals surface area (Å²) in [5.41, 5.74) is 1.71. The van der Waals surface area contributed by atoms with E-state index in [1.807, 2.05) is 0 Å². The van der Waals surface area contributed by atoms with Crippen molar-refractivity contribution < 1.29 is 14.7 Å². The predicted octanol–water partition coefficient (Wildman–Crippen LogP) is 3.69. The van der Waals surface area contributed by atoms with Crippen LogP contribution >= 0.6 is 11.6 Å². The molecule has 1 amide bonds. The van der Waals surface area contributed by atoms with E-state index in [9.17, 15) is 9.59 Å². The summed E-state index contributed by atoms with van der Waals surface area (Å²) in [5, 5.41) is 11.8. The number of benzene rings is 2. The number of carbonyl (C=O) groups is 2. The summed E-state index contributed by atoms with van der Waals surface area (Å²) in [7, 11) is 0. The third-order valence-corrected chi connectivity index (χ3v) is 2.88. The summed E-state index contributed by atoms with van der Waals surface area (Å²) in [6.45, 7) is 0. The molecule has 0 heterocycles. The minimum atomic E-state index is -1.02. The molecular formula is C16H12ClNO3. The molecule has 2 rings (SSSR count). The van der Waals surface area contributed by atoms with Gasteiger partial charge >= 0.3 is 5.97 Å². The molecule has 5 heteroatoms. The number of rotatable bonds is 4. The molecule has 0 aliphatic rings. The van der Waals surface area contributed by atoms with Gasteiger partial charge in [-0.15, -0.1) is 0 Å². The van der Waals surface area contributed by atoms with Crippen LogP contribution in [0.15, 0.2) is 54.6 Å². The second-order valence-corrected chi connectivity index (χ2v) is 4.70. The van der Waals surface area contributed by atoms with Crippen LogP contribution in [0.5, 0.6) is 0 Å². The Morgan fingerprint density at radius 1 is 1.10 bits per heavy atom. The Morgan fingerprint density at radius 3 is 2.57 bits per heavy atom. The molecule has 106 valence electrons. The van der Waals surface area contributed by atoms with Crippen LogP contribution in [0.1, 0.15) is 15.9 Å². The van der Waals surface area contributed by atoms with Crippen molar-refractivity contribution >= 4 is 35.2 Å². The summed E-state index contributed by atoms with van der Waals surface area (Å²) in [5.74, 6) is -1.31. The van der Waals surface area contributed by atoms with Crippen molar-refractivity contribution in [3.63, 3.8) is 0 Å². The molecule has 4 nitrogen and oxygen atoms in total. The highest BCUT2D eigenvalue weighted by molar-refractivity contribution is 6.31. The van der Waals surface area contributed by atoms with Crippen LogP contribution in [-0.2, 0) is 4.79 Å². The minimum Gasteiger partial charge on any atom is -0.478 e. The van der Waals surface area contributed by atoms with E-state index in [0.717, 1.165) is 6.08 Å². The fourth-order valence-electron chi connectivity index (χ4n) is 1.72. The lowest BCUT2D eigenvalue weighted by molar-refractivity contribution is -0.131. The van der Waals surface area contributed by atoms with Crippen molar-refractivity contribution in [3.05, 3.63) is 70.8 Å². The Bertz CT molecular complexity index is 710. The van der Waals surface area contributed by atoms with Crippen LogP contribution in [0.4, 0.5) is 5.69 Å². The molecule has 0 saturated heterocycles. The fraction of sp³-hybridized carbons (Fsp3) is 0. The average Bonchev–Trinajstić information content (AvgIpc) is 2.45. The van der Waals surface area contributed by atoms with Gasteiger partial charge in [-0.2, -0.15) is 0 Å². The fourth-order valence-corrected chi connectivity index (χ4v) is 1.91. The standard InChI is InChI=1S/C16H12ClNO3/c17-13-5-2-4-12(10-13)16(21)18-14-6-1-3-11(9-14)7-8-15(19)20/h1-10H,(H,18,21)(H,19,20). The van der Waals surface area contributed by atoms with E-state index in [4.69, 9.17) is 16.7 Å². The second-order valence-electron chi connectivity index (χ2n) is 4.26. The van der Waals surface area contributed by atoms with Gasteiger partial charge in [0.15, 0.2) is 0 Å². The quantitative estimate of drug-likeness (QED) is 0.846. The van der Waals surface area contributed by atoms with E-state index in [-0.39, 0.29) is 5.91 Å². The highest BCUT2D eigenvalue weighted by Crippen LogP contribution is 2.15. The van der Waals surface area contributed by atoms with Gasteiger partial charge in [-0.25, -0.2) is 4.79 Å². The molecule has 0 aliphatic carbocycles. The van der Waals surface area contributed by atoms with E-state index in [0.29, 0.717) is 21.8 Å². The monoisotopic (exact) mass is 301 g/mol. The number of hydrogen-bond donors (Lipinski definition) is 2. The van der Waals surface area contributed by atoms with Crippen LogP contribution in [0.2, 0.25) is 5.02 Å². The lowest BCUT2D eigenvalue weighted by Gasteiger charge is -2.06. The Hall–Kier alpha value is -2.59. The third kappa shape index (κ3) is 4.47. The zero-order chi connectivity index (χ0) is 15.2. The molecule has 0 aromatic heterocycles. The van der Waals surface area contributed by atoms with Gasteiger partial charge in [-0.05, 0) is 42.0 Å². The summed E-state index contributed by atoms with van der Waals surface area (Å²) in [6.07, 6.45) is 2.50. The largest absolute Gasteiger partial charge is 0.478 e. The molecule has 0 atom stereocenters. The maximum atomic E-state index is 12.1. The van der Waals surface area contributed by atoms with Gasteiger partial charge in [-0.1, -0.05) is 29.8 Å². The maximum Gasteiger partial charge on any atom is 0.328 e. The first kappa shape index (κ1) is 14.8. The molecule has 0 aliphatic heterocycles. The molecule has 2 aromatic rings. The van der Waals surface area contributed by atoms with Crippen molar-refractivity contribution in [2.45, 2.75) is 0 Å². The van der Waals surface area contributed by atoms with Crippen LogP contribution in [0.25, 0.3) is 6.08 Å². The summed E-state index contributed by atoms with van der Waals surface area (Å²) in [6, 6.07) is 13.5. The van der Waals surface area contributed by atoms with Crippen LogP contribution in [0, 0.1) is 0 Å². The van der Waals surface area contributed by atoms with Gasteiger partial charge in [-0.3, -0.25) is 4.79 Å². The van der Waals surface area contributed by atoms with Crippen molar-refractivity contribution in [1.29, 1.82) is 0 Å². The number of amides is 1. The molecule has 21 heavy (non-hydrogen) atoms. The van der Waals surface area contributed by atoms with E-state index in [2.05, 4.69) is 5.32 Å². The van der Waals surface area contributed by atoms with Crippen molar-refractivity contribution in [1.82, 2.24) is 0 Å². The molecule has 0 saturated carbocycles. The van der Waals surface area contributed by atoms with Crippen LogP contribution in [0.3, 0.4) is 0 Å². The predicted molar refractivity (Wildman–Crippen MR) is 82.5 cm³/mol. The highest BCUT2D eigenvalue weighted by Gasteiger charge is 2.06. The zero-order valence-electron chi connectivity index (χ0n) is 10.9. The van der Waals surface area contributed by atoms with Crippen LogP contribution in [-0.4, -0.2) is 17.0 Å². The Morgan fingerprint density at radius 2 is 1.86 bits per heavy atom. The number of carboxylic acids is 1. The summed E-state index contributed by atoms with van der Waals surface area (Å²) in [4.78, 5) is 22.5. The normalized spacial score (nSPS) is 10.5. The molecule has 2 N–H and O–H groups in total. The first-order valence-electron chi connectivity index (χ1n) is 6.12. The highest BCUT2D eigenvalue weighted by atomic mass is 35.5. The number of anilines is 1. The summed E-state index contributed by atoms with van der Waals surface area (Å²) >= 11 is 5.84. The lowest BCUT2D eigenvalue weighted by atomic mass is 10.1. The molecule has 0 spiro atoms. The smallest absolute Gasteiger partial charge is 0.328 e. The first-order chi connectivity index (χ1) is 10.0. The van der Waals surface area contributed by atoms with Crippen molar-refractivity contribution in [2.24, 2.45) is 0 Å². The number of halogens is 1. The van der Waals surface area contributed by atoms with Crippen LogP contribution < -0.4 is 5.32 Å². The molecular weight excluding hydrogens is 290 g/mol. The molecule has 0 unspecified atom stereocenters. The van der Waals surface area contributed by atoms with Crippen molar-refractivity contribution in [2.75, 3.05) is 5.32 Å². The van der Waals surface area contributed by atoms with Gasteiger partial charge in [0.05, 0.1) is 0 Å². The Kier molecular flexibility index (Phi) is 4.74. The Labute approximate surface area is 126 Å². The number of carboxylic acid groups (broad SMARTS) is 1. The molecule has 0 fully saturated rings. The lowest BCUT2D eigenvalue weighted by Crippen LogP contribution is -2.11. The van der Waals surface area contributed by atoms with E-state index >= 15 is 0 Å². The number of hydrogen-bond acceptors (Lipinski definition) is 2. The summed E-state index contributed by atoms with van der Waals surface area (Å²) < 4.78 is 0. The number of nitrogens with one attached hydrogen (secondary N) is 1. The van der Waals surface area contributed by atoms with E-state index in [1.165, 1.54) is 6.08 Å². The number of aliphatic carboxylic acids is 1. The van der Waals surface area contributed by atoms with Gasteiger partial charge in [0.1, 0.15) is 0 Å².